The molecule has 3 saturated heterocycles. The lowest BCUT2D eigenvalue weighted by Crippen LogP contribution is -2.27. The minimum Gasteiger partial charge on any atom is -0.465 e. The summed E-state index contributed by atoms with van der Waals surface area (Å²) in [7, 11) is 0. The lowest BCUT2D eigenvalue weighted by Gasteiger charge is -2.21. The highest BCUT2D eigenvalue weighted by Gasteiger charge is 2.47. The van der Waals surface area contributed by atoms with Crippen molar-refractivity contribution in [1.29, 1.82) is 0 Å². The molecule has 0 N–H and O–H groups in total. The van der Waals surface area contributed by atoms with Crippen LogP contribution in [0.1, 0.15) is 44.9 Å². The predicted molar refractivity (Wildman–Crippen MR) is 78.4 cm³/mol. The van der Waals surface area contributed by atoms with Gasteiger partial charge in [-0.05, 0) is 50.9 Å². The molecule has 5 rings (SSSR count). The third kappa shape index (κ3) is 3.63. The number of rotatable bonds is 3. The van der Waals surface area contributed by atoms with Crippen LogP contribution in [-0.4, -0.2) is 50.2 Å². The van der Waals surface area contributed by atoms with Gasteiger partial charge in [-0.25, -0.2) is 0 Å². The highest BCUT2D eigenvalue weighted by molar-refractivity contribution is 5.72. The maximum absolute atomic E-state index is 12.0. The standard InChI is InChI=1S/C14H20O4.C3H6O/c15-14(9-2-4-11-13(6-9)18-11)16-7-8-1-3-10-12(5-8)17-10;1-2-4-3-1/h8-13H,1-7H2;1-3H2. The van der Waals surface area contributed by atoms with Crippen LogP contribution in [0, 0.1) is 11.8 Å². The Morgan fingerprint density at radius 1 is 0.909 bits per heavy atom. The van der Waals surface area contributed by atoms with Gasteiger partial charge in [0.25, 0.3) is 0 Å². The van der Waals surface area contributed by atoms with Crippen molar-refractivity contribution in [3.05, 3.63) is 0 Å². The van der Waals surface area contributed by atoms with Gasteiger partial charge < -0.3 is 18.9 Å². The van der Waals surface area contributed by atoms with E-state index >= 15 is 0 Å². The second-order valence-electron chi connectivity index (χ2n) is 7.21. The summed E-state index contributed by atoms with van der Waals surface area (Å²) in [5.74, 6) is 0.608. The van der Waals surface area contributed by atoms with Crippen molar-refractivity contribution in [2.24, 2.45) is 11.8 Å². The molecule has 0 bridgehead atoms. The molecular weight excluding hydrogens is 284 g/mol. The maximum Gasteiger partial charge on any atom is 0.309 e. The normalized spacial score (nSPS) is 44.4. The average molecular weight is 310 g/mol. The first-order valence-electron chi connectivity index (χ1n) is 8.85. The van der Waals surface area contributed by atoms with E-state index in [-0.39, 0.29) is 11.9 Å². The summed E-state index contributed by atoms with van der Waals surface area (Å²) < 4.78 is 21.2. The molecule has 5 aliphatic rings. The number of fused-ring (bicyclic) bond motifs is 2. The molecule has 3 heterocycles. The Kier molecular flexibility index (Phi) is 4.38. The molecule has 2 saturated carbocycles. The predicted octanol–water partition coefficient (Wildman–Crippen LogP) is 2.07. The smallest absolute Gasteiger partial charge is 0.309 e. The van der Waals surface area contributed by atoms with E-state index in [1.807, 2.05) is 0 Å². The Morgan fingerprint density at radius 3 is 2.14 bits per heavy atom. The van der Waals surface area contributed by atoms with Crippen molar-refractivity contribution in [1.82, 2.24) is 0 Å². The van der Waals surface area contributed by atoms with Gasteiger partial charge in [-0.3, -0.25) is 4.79 Å². The highest BCUT2D eigenvalue weighted by Crippen LogP contribution is 2.41. The van der Waals surface area contributed by atoms with Crippen molar-refractivity contribution in [3.8, 4) is 0 Å². The Labute approximate surface area is 131 Å². The van der Waals surface area contributed by atoms with Gasteiger partial charge in [-0.15, -0.1) is 0 Å². The molecule has 6 atom stereocenters. The third-order valence-corrected chi connectivity index (χ3v) is 5.49. The topological polar surface area (TPSA) is 60.6 Å². The number of epoxide rings is 2. The molecule has 5 heteroatoms. The summed E-state index contributed by atoms with van der Waals surface area (Å²) >= 11 is 0. The molecular formula is C17H26O5. The van der Waals surface area contributed by atoms with Crippen LogP contribution in [0.5, 0.6) is 0 Å². The molecule has 2 aliphatic carbocycles. The number of esters is 1. The van der Waals surface area contributed by atoms with Crippen LogP contribution >= 0.6 is 0 Å². The first-order valence-corrected chi connectivity index (χ1v) is 8.85. The minimum atomic E-state index is 0.00258. The van der Waals surface area contributed by atoms with Gasteiger partial charge in [0.05, 0.1) is 36.9 Å². The molecule has 0 radical (unpaired) electrons. The molecule has 0 amide bonds. The van der Waals surface area contributed by atoms with Crippen LogP contribution in [0.25, 0.3) is 0 Å². The SMILES string of the molecule is C1COC1.O=C(OCC1CCC2OC2C1)C1CCC2OC2C1. The van der Waals surface area contributed by atoms with Crippen LogP contribution in [0.15, 0.2) is 0 Å². The largest absolute Gasteiger partial charge is 0.465 e. The van der Waals surface area contributed by atoms with Gasteiger partial charge in [-0.1, -0.05) is 0 Å². The van der Waals surface area contributed by atoms with Gasteiger partial charge in [0.2, 0.25) is 0 Å². The van der Waals surface area contributed by atoms with Crippen molar-refractivity contribution in [2.45, 2.75) is 69.4 Å². The molecule has 6 unspecified atom stereocenters. The Balaban J connectivity index is 0.000000274. The third-order valence-electron chi connectivity index (χ3n) is 5.49. The molecule has 22 heavy (non-hydrogen) atoms. The second-order valence-corrected chi connectivity index (χ2v) is 7.21. The van der Waals surface area contributed by atoms with Crippen molar-refractivity contribution >= 4 is 5.97 Å². The van der Waals surface area contributed by atoms with Gasteiger partial charge in [0, 0.05) is 13.2 Å². The molecule has 124 valence electrons. The fourth-order valence-electron chi connectivity index (χ4n) is 3.72. The van der Waals surface area contributed by atoms with E-state index in [0.29, 0.717) is 36.9 Å². The highest BCUT2D eigenvalue weighted by atomic mass is 16.6. The summed E-state index contributed by atoms with van der Waals surface area (Å²) in [6.07, 6.45) is 9.31. The van der Waals surface area contributed by atoms with E-state index in [2.05, 4.69) is 0 Å². The average Bonchev–Trinajstić information content (AvgIpc) is 3.34. The maximum atomic E-state index is 12.0. The number of carbonyl (C=O) groups is 1. The van der Waals surface area contributed by atoms with Crippen LogP contribution in [0.3, 0.4) is 0 Å². The van der Waals surface area contributed by atoms with Crippen LogP contribution in [0.4, 0.5) is 0 Å². The Hall–Kier alpha value is -0.650. The number of ether oxygens (including phenoxy) is 4. The summed E-state index contributed by atoms with van der Waals surface area (Å²) in [5.41, 5.74) is 0. The number of hydrogen-bond acceptors (Lipinski definition) is 5. The minimum absolute atomic E-state index is 0.00258. The molecule has 0 spiro atoms. The van der Waals surface area contributed by atoms with E-state index in [1.165, 1.54) is 6.42 Å². The monoisotopic (exact) mass is 310 g/mol. The lowest BCUT2D eigenvalue weighted by atomic mass is 9.89. The Morgan fingerprint density at radius 2 is 1.55 bits per heavy atom. The summed E-state index contributed by atoms with van der Waals surface area (Å²) in [5, 5.41) is 0. The van der Waals surface area contributed by atoms with Gasteiger partial charge in [0.1, 0.15) is 0 Å². The summed E-state index contributed by atoms with van der Waals surface area (Å²) in [6.45, 7) is 2.59. The fraction of sp³-hybridized carbons (Fsp3) is 0.941. The van der Waals surface area contributed by atoms with E-state index in [4.69, 9.17) is 18.9 Å². The van der Waals surface area contributed by atoms with Crippen molar-refractivity contribution < 1.29 is 23.7 Å². The molecule has 0 aromatic rings. The molecule has 5 nitrogen and oxygen atoms in total. The van der Waals surface area contributed by atoms with Crippen LogP contribution in [0.2, 0.25) is 0 Å². The van der Waals surface area contributed by atoms with E-state index in [1.54, 1.807) is 0 Å². The first-order chi connectivity index (χ1) is 10.8. The lowest BCUT2D eigenvalue weighted by molar-refractivity contribution is -0.151. The van der Waals surface area contributed by atoms with E-state index in [0.717, 1.165) is 51.7 Å². The molecule has 5 fully saturated rings. The second kappa shape index (κ2) is 6.46. The Bertz CT molecular complexity index is 404. The van der Waals surface area contributed by atoms with Gasteiger partial charge in [-0.2, -0.15) is 0 Å². The van der Waals surface area contributed by atoms with E-state index in [9.17, 15) is 4.79 Å². The summed E-state index contributed by atoms with van der Waals surface area (Å²) in [4.78, 5) is 12.0. The molecule has 0 aromatic heterocycles. The molecule has 3 aliphatic heterocycles. The zero-order valence-corrected chi connectivity index (χ0v) is 13.1. The van der Waals surface area contributed by atoms with Crippen LogP contribution in [-0.2, 0) is 23.7 Å². The summed E-state index contributed by atoms with van der Waals surface area (Å²) in [6, 6.07) is 0. The van der Waals surface area contributed by atoms with Gasteiger partial charge in [0.15, 0.2) is 0 Å². The van der Waals surface area contributed by atoms with E-state index < -0.39 is 0 Å². The number of carbonyl (C=O) groups excluding carboxylic acids is 1. The number of hydrogen-bond donors (Lipinski definition) is 0. The quantitative estimate of drug-likeness (QED) is 0.590. The zero-order valence-electron chi connectivity index (χ0n) is 13.1. The van der Waals surface area contributed by atoms with Crippen molar-refractivity contribution in [2.75, 3.05) is 19.8 Å². The van der Waals surface area contributed by atoms with Crippen LogP contribution < -0.4 is 0 Å². The fourth-order valence-corrected chi connectivity index (χ4v) is 3.72. The van der Waals surface area contributed by atoms with Gasteiger partial charge >= 0.3 is 5.97 Å². The zero-order chi connectivity index (χ0) is 14.9. The van der Waals surface area contributed by atoms with Crippen molar-refractivity contribution in [3.63, 3.8) is 0 Å². The molecule has 0 aromatic carbocycles. The first kappa shape index (κ1) is 14.9.